The molecule has 0 radical (unpaired) electrons. The third kappa shape index (κ3) is 3.10. The number of benzene rings is 1. The average Bonchev–Trinajstić information content (AvgIpc) is 3.07. The van der Waals surface area contributed by atoms with Crippen LogP contribution in [0.2, 0.25) is 0 Å². The van der Waals surface area contributed by atoms with Gasteiger partial charge in [0.2, 0.25) is 5.71 Å². The van der Waals surface area contributed by atoms with Gasteiger partial charge < -0.3 is 4.74 Å². The number of fused-ring (bicyclic) bond motifs is 1. The lowest BCUT2D eigenvalue weighted by molar-refractivity contribution is -0.401. The number of hydrogen-bond donors (Lipinski definition) is 0. The van der Waals surface area contributed by atoms with E-state index in [1.54, 1.807) is 31.4 Å². The van der Waals surface area contributed by atoms with Crippen molar-refractivity contribution in [2.24, 2.45) is 9.98 Å². The van der Waals surface area contributed by atoms with Crippen LogP contribution in [0.3, 0.4) is 0 Å². The van der Waals surface area contributed by atoms with E-state index < -0.39 is 11.9 Å². The first-order valence-corrected chi connectivity index (χ1v) is 8.31. The number of nitrogens with zero attached hydrogens (tertiary/aromatic N) is 4. The number of carbonyl (C=O) groups is 3. The Morgan fingerprint density at radius 3 is 2.56 bits per heavy atom. The smallest absolute Gasteiger partial charge is 0.446 e. The number of amides is 3. The molecule has 0 N–H and O–H groups in total. The summed E-state index contributed by atoms with van der Waals surface area (Å²) in [5.74, 6) is 0.415. The fourth-order valence-electron chi connectivity index (χ4n) is 2.31. The van der Waals surface area contributed by atoms with E-state index in [1.165, 1.54) is 18.7 Å². The third-order valence-corrected chi connectivity index (χ3v) is 4.61. The summed E-state index contributed by atoms with van der Waals surface area (Å²) in [5.41, 5.74) is 0.664. The zero-order chi connectivity index (χ0) is 18.1. The van der Waals surface area contributed by atoms with E-state index in [2.05, 4.69) is 9.98 Å². The van der Waals surface area contributed by atoms with Crippen LogP contribution in [-0.2, 0) is 4.79 Å². The first-order chi connectivity index (χ1) is 11.9. The lowest BCUT2D eigenvalue weighted by Gasteiger charge is -2.15. The van der Waals surface area contributed by atoms with Crippen molar-refractivity contribution in [3.63, 3.8) is 0 Å². The number of hydrogen-bond acceptors (Lipinski definition) is 7. The van der Waals surface area contributed by atoms with Crippen LogP contribution in [-0.4, -0.2) is 70.9 Å². The Labute approximate surface area is 147 Å². The highest BCUT2D eigenvalue weighted by Crippen LogP contribution is 2.19. The van der Waals surface area contributed by atoms with E-state index in [4.69, 9.17) is 4.74 Å². The normalized spacial score (nSPS) is 16.7. The molecule has 0 aromatic heterocycles. The summed E-state index contributed by atoms with van der Waals surface area (Å²) in [6, 6.07) is 6.32. The average molecular weight is 359 g/mol. The molecule has 0 atom stereocenters. The minimum Gasteiger partial charge on any atom is -0.497 e. The Kier molecular flexibility index (Phi) is 4.49. The van der Waals surface area contributed by atoms with E-state index in [0.29, 0.717) is 11.3 Å². The summed E-state index contributed by atoms with van der Waals surface area (Å²) in [5, 5.41) is 0.287. The lowest BCUT2D eigenvalue weighted by Crippen LogP contribution is -2.51. The van der Waals surface area contributed by atoms with Crippen LogP contribution in [0.4, 0.5) is 4.79 Å². The summed E-state index contributed by atoms with van der Waals surface area (Å²) in [4.78, 5) is 45.6. The van der Waals surface area contributed by atoms with Crippen molar-refractivity contribution >= 4 is 46.2 Å². The number of amidine groups is 2. The monoisotopic (exact) mass is 359 g/mol. The van der Waals surface area contributed by atoms with Gasteiger partial charge in [0.25, 0.3) is 5.17 Å². The summed E-state index contributed by atoms with van der Waals surface area (Å²) >= 11 is 1.12. The van der Waals surface area contributed by atoms with Crippen molar-refractivity contribution in [1.29, 1.82) is 0 Å². The van der Waals surface area contributed by atoms with Crippen LogP contribution >= 0.6 is 11.8 Å². The van der Waals surface area contributed by atoms with Gasteiger partial charge in [-0.3, -0.25) is 4.79 Å². The SMILES string of the molecule is COc1ccc(C(=O)CSC2=NC3=[N+](C)C(=O)N(C)C(=O)C3=N2)cc1. The molecule has 128 valence electrons. The standard InChI is InChI=1S/C16H15N4O4S/c1-19-13-12(14(22)20(2)16(19)23)17-15(18-13)25-8-11(21)9-4-6-10(24-3)7-5-9/h4-7H,8H2,1-3H3/q+1. The Morgan fingerprint density at radius 1 is 1.24 bits per heavy atom. The molecule has 3 amide bonds. The quantitative estimate of drug-likeness (QED) is 0.592. The summed E-state index contributed by atoms with van der Waals surface area (Å²) in [6.07, 6.45) is 0. The minimum absolute atomic E-state index is 0.0942. The molecular formula is C16H15N4O4S+. The van der Waals surface area contributed by atoms with Crippen LogP contribution < -0.4 is 4.74 Å². The first kappa shape index (κ1) is 17.0. The fourth-order valence-corrected chi connectivity index (χ4v) is 3.04. The van der Waals surface area contributed by atoms with Crippen molar-refractivity contribution in [3.05, 3.63) is 29.8 Å². The molecule has 0 saturated heterocycles. The number of rotatable bonds is 4. The second-order valence-corrected chi connectivity index (χ2v) is 6.27. The predicted octanol–water partition coefficient (Wildman–Crippen LogP) is 1.05. The molecule has 0 aliphatic carbocycles. The largest absolute Gasteiger partial charge is 0.497 e. The van der Waals surface area contributed by atoms with Gasteiger partial charge in [0, 0.05) is 5.56 Å². The van der Waals surface area contributed by atoms with Gasteiger partial charge in [-0.15, -0.1) is 0 Å². The fraction of sp³-hybridized carbons (Fsp3) is 0.250. The number of imide groups is 1. The highest BCUT2D eigenvalue weighted by molar-refractivity contribution is 8.14. The molecule has 0 saturated carbocycles. The molecule has 9 heteroatoms. The Hall–Kier alpha value is -2.81. The van der Waals surface area contributed by atoms with Crippen LogP contribution in [0.5, 0.6) is 5.75 Å². The van der Waals surface area contributed by atoms with E-state index in [0.717, 1.165) is 16.7 Å². The maximum Gasteiger partial charge on any atom is 0.446 e. The van der Waals surface area contributed by atoms with E-state index in [1.807, 2.05) is 0 Å². The summed E-state index contributed by atoms with van der Waals surface area (Å²) in [6.45, 7) is 0. The maximum absolute atomic E-state index is 12.2. The van der Waals surface area contributed by atoms with E-state index in [-0.39, 0.29) is 28.3 Å². The number of urea groups is 1. The van der Waals surface area contributed by atoms with Crippen LogP contribution in [0.25, 0.3) is 0 Å². The number of carbonyl (C=O) groups excluding carboxylic acids is 3. The molecule has 2 aliphatic heterocycles. The van der Waals surface area contributed by atoms with Crippen molar-refractivity contribution in [3.8, 4) is 5.75 Å². The Balaban J connectivity index is 1.72. The molecule has 1 aromatic rings. The number of methoxy groups -OCH3 is 1. The van der Waals surface area contributed by atoms with E-state index in [9.17, 15) is 14.4 Å². The maximum atomic E-state index is 12.2. The number of aliphatic imine (C=N–C) groups is 2. The molecule has 0 spiro atoms. The van der Waals surface area contributed by atoms with Gasteiger partial charge in [0.05, 0.1) is 27.0 Å². The molecule has 0 unspecified atom stereocenters. The van der Waals surface area contributed by atoms with Gasteiger partial charge >= 0.3 is 17.8 Å². The zero-order valence-corrected chi connectivity index (χ0v) is 14.7. The molecule has 2 heterocycles. The number of Topliss-reactive ketones (excluding diaryl/α,β-unsaturated/α-hetero) is 1. The van der Waals surface area contributed by atoms with Gasteiger partial charge in [-0.1, -0.05) is 16.8 Å². The van der Waals surface area contributed by atoms with Gasteiger partial charge in [0.15, 0.2) is 5.78 Å². The molecule has 8 nitrogen and oxygen atoms in total. The Bertz CT molecular complexity index is 871. The van der Waals surface area contributed by atoms with Crippen molar-refractivity contribution in [1.82, 2.24) is 4.90 Å². The van der Waals surface area contributed by atoms with E-state index >= 15 is 0 Å². The summed E-state index contributed by atoms with van der Waals surface area (Å²) < 4.78 is 6.32. The highest BCUT2D eigenvalue weighted by atomic mass is 32.2. The Morgan fingerprint density at radius 2 is 1.92 bits per heavy atom. The van der Waals surface area contributed by atoms with Gasteiger partial charge in [0.1, 0.15) is 5.75 Å². The second kappa shape index (κ2) is 6.60. The first-order valence-electron chi connectivity index (χ1n) is 7.33. The third-order valence-electron chi connectivity index (χ3n) is 3.76. The van der Waals surface area contributed by atoms with Crippen molar-refractivity contribution in [2.45, 2.75) is 0 Å². The van der Waals surface area contributed by atoms with Crippen LogP contribution in [0.15, 0.2) is 34.3 Å². The molecule has 0 fully saturated rings. The highest BCUT2D eigenvalue weighted by Gasteiger charge is 2.44. The number of thioether (sulfide) groups is 1. The molecule has 1 aromatic carbocycles. The number of ketones is 1. The molecule has 25 heavy (non-hydrogen) atoms. The topological polar surface area (TPSA) is 91.4 Å². The van der Waals surface area contributed by atoms with Crippen LogP contribution in [0.1, 0.15) is 10.4 Å². The minimum atomic E-state index is -0.501. The predicted molar refractivity (Wildman–Crippen MR) is 94.0 cm³/mol. The van der Waals surface area contributed by atoms with Crippen molar-refractivity contribution < 1.29 is 23.7 Å². The number of ether oxygens (including phenoxy) is 1. The summed E-state index contributed by atoms with van der Waals surface area (Å²) in [7, 11) is 4.47. The van der Waals surface area contributed by atoms with Crippen molar-refractivity contribution in [2.75, 3.05) is 27.0 Å². The molecule has 2 aliphatic rings. The zero-order valence-electron chi connectivity index (χ0n) is 13.8. The van der Waals surface area contributed by atoms with Gasteiger partial charge in [-0.25, -0.2) is 9.59 Å². The van der Waals surface area contributed by atoms with Gasteiger partial charge in [-0.2, -0.15) is 14.5 Å². The second-order valence-electron chi connectivity index (χ2n) is 5.32. The molecular weight excluding hydrogens is 344 g/mol. The van der Waals surface area contributed by atoms with Crippen LogP contribution in [0, 0.1) is 0 Å². The molecule has 0 bridgehead atoms. The van der Waals surface area contributed by atoms with Gasteiger partial charge in [-0.05, 0) is 24.3 Å². The lowest BCUT2D eigenvalue weighted by atomic mass is 10.1. The molecule has 3 rings (SSSR count).